The fourth-order valence-corrected chi connectivity index (χ4v) is 1.72. The van der Waals surface area contributed by atoms with Gasteiger partial charge in [-0.2, -0.15) is 0 Å². The van der Waals surface area contributed by atoms with Gasteiger partial charge >= 0.3 is 0 Å². The number of nitrogens with zero attached hydrogens (tertiary/aromatic N) is 1. The molecule has 2 nitrogen and oxygen atoms in total. The number of aliphatic hydroxyl groups is 1. The summed E-state index contributed by atoms with van der Waals surface area (Å²) in [5, 5.41) is 9.32. The second-order valence-corrected chi connectivity index (χ2v) is 3.80. The van der Waals surface area contributed by atoms with E-state index >= 15 is 0 Å². The van der Waals surface area contributed by atoms with E-state index < -0.39 is 0 Å². The van der Waals surface area contributed by atoms with Crippen LogP contribution in [0, 0.1) is 0 Å². The second kappa shape index (κ2) is 3.85. The number of rotatable bonds is 1. The average Bonchev–Trinajstić information content (AvgIpc) is 1.99. The van der Waals surface area contributed by atoms with Gasteiger partial charge in [0, 0.05) is 11.8 Å². The molecule has 0 aliphatic carbocycles. The molecule has 0 unspecified atom stereocenters. The highest BCUT2D eigenvalue weighted by atomic mass is 79.9. The van der Waals surface area contributed by atoms with Crippen molar-refractivity contribution in [3.05, 3.63) is 25.9 Å². The Balaban J connectivity index is 3.29. The highest BCUT2D eigenvalue weighted by Gasteiger charge is 2.07. The molecule has 0 aromatic carbocycles. The number of halogens is 3. The molecule has 0 atom stereocenters. The summed E-state index contributed by atoms with van der Waals surface area (Å²) < 4.78 is 1.35. The number of aromatic nitrogens is 1. The molecule has 60 valence electrons. The molecule has 0 amide bonds. The number of pyridine rings is 1. The van der Waals surface area contributed by atoms with Gasteiger partial charge in [0.15, 0.2) is 0 Å². The normalized spacial score (nSPS) is 10.2. The van der Waals surface area contributed by atoms with Crippen molar-refractivity contribution in [3.8, 4) is 0 Å². The van der Waals surface area contributed by atoms with Crippen molar-refractivity contribution >= 4 is 43.5 Å². The maximum atomic E-state index is 8.86. The standard InChI is InChI=1S/C6H4Br2ClNO/c7-5-3(2-11)4(9)1-10-6(5)8/h1,11H,2H2. The third kappa shape index (κ3) is 1.93. The minimum absolute atomic E-state index is 0.0967. The largest absolute Gasteiger partial charge is 0.392 e. The van der Waals surface area contributed by atoms with Crippen molar-refractivity contribution in [3.63, 3.8) is 0 Å². The first-order valence-electron chi connectivity index (χ1n) is 2.76. The predicted octanol–water partition coefficient (Wildman–Crippen LogP) is 2.75. The Labute approximate surface area is 85.8 Å². The molecule has 0 aliphatic rings. The number of hydrogen-bond acceptors (Lipinski definition) is 2. The van der Waals surface area contributed by atoms with Gasteiger partial charge in [-0.05, 0) is 31.9 Å². The average molecular weight is 301 g/mol. The van der Waals surface area contributed by atoms with Gasteiger partial charge in [0.05, 0.1) is 16.1 Å². The molecule has 0 saturated carbocycles. The van der Waals surface area contributed by atoms with Gasteiger partial charge in [-0.15, -0.1) is 0 Å². The van der Waals surface area contributed by atoms with Gasteiger partial charge in [0.2, 0.25) is 0 Å². The van der Waals surface area contributed by atoms with Crippen LogP contribution in [-0.4, -0.2) is 10.1 Å². The first kappa shape index (κ1) is 9.45. The van der Waals surface area contributed by atoms with Gasteiger partial charge < -0.3 is 5.11 Å². The van der Waals surface area contributed by atoms with Gasteiger partial charge in [-0.25, -0.2) is 4.98 Å². The maximum Gasteiger partial charge on any atom is 0.120 e. The zero-order valence-corrected chi connectivity index (χ0v) is 9.24. The fourth-order valence-electron chi connectivity index (χ4n) is 0.622. The van der Waals surface area contributed by atoms with Crippen LogP contribution in [0.15, 0.2) is 15.3 Å². The molecule has 0 saturated heterocycles. The topological polar surface area (TPSA) is 33.1 Å². The molecular formula is C6H4Br2ClNO. The van der Waals surface area contributed by atoms with Crippen LogP contribution in [0.5, 0.6) is 0 Å². The van der Waals surface area contributed by atoms with Crippen LogP contribution in [0.3, 0.4) is 0 Å². The first-order chi connectivity index (χ1) is 5.16. The van der Waals surface area contributed by atoms with Crippen LogP contribution in [-0.2, 0) is 6.61 Å². The molecule has 0 aliphatic heterocycles. The quantitative estimate of drug-likeness (QED) is 0.809. The van der Waals surface area contributed by atoms with Gasteiger partial charge in [-0.3, -0.25) is 0 Å². The molecule has 0 bridgehead atoms. The highest BCUT2D eigenvalue weighted by Crippen LogP contribution is 2.29. The summed E-state index contributed by atoms with van der Waals surface area (Å²) in [5.74, 6) is 0. The van der Waals surface area contributed by atoms with E-state index in [1.807, 2.05) is 0 Å². The summed E-state index contributed by atoms with van der Waals surface area (Å²) in [6.45, 7) is -0.0967. The third-order valence-corrected chi connectivity index (χ3v) is 3.50. The molecule has 11 heavy (non-hydrogen) atoms. The summed E-state index contributed by atoms with van der Waals surface area (Å²) in [5.41, 5.74) is 0.647. The van der Waals surface area contributed by atoms with Crippen molar-refractivity contribution in [2.75, 3.05) is 0 Å². The van der Waals surface area contributed by atoms with Crippen LogP contribution < -0.4 is 0 Å². The number of aliphatic hydroxyl groups excluding tert-OH is 1. The molecule has 1 aromatic rings. The van der Waals surface area contributed by atoms with E-state index in [1.165, 1.54) is 6.20 Å². The number of hydrogen-bond donors (Lipinski definition) is 1. The Morgan fingerprint density at radius 1 is 1.55 bits per heavy atom. The Kier molecular flexibility index (Phi) is 3.30. The molecule has 1 rings (SSSR count). The maximum absolute atomic E-state index is 8.86. The molecule has 0 spiro atoms. The lowest BCUT2D eigenvalue weighted by Crippen LogP contribution is -1.90. The Morgan fingerprint density at radius 3 is 2.64 bits per heavy atom. The zero-order valence-electron chi connectivity index (χ0n) is 5.31. The molecule has 1 heterocycles. The van der Waals surface area contributed by atoms with Crippen molar-refractivity contribution < 1.29 is 5.11 Å². The second-order valence-electron chi connectivity index (χ2n) is 1.85. The zero-order chi connectivity index (χ0) is 8.43. The molecule has 1 aromatic heterocycles. The van der Waals surface area contributed by atoms with Crippen molar-refractivity contribution in [1.29, 1.82) is 0 Å². The summed E-state index contributed by atoms with van der Waals surface area (Å²) in [6, 6.07) is 0. The Bertz CT molecular complexity index is 280. The summed E-state index contributed by atoms with van der Waals surface area (Å²) >= 11 is 12.2. The van der Waals surface area contributed by atoms with E-state index in [-0.39, 0.29) is 6.61 Å². The molecular weight excluding hydrogens is 297 g/mol. The van der Waals surface area contributed by atoms with E-state index in [1.54, 1.807) is 0 Å². The van der Waals surface area contributed by atoms with Crippen LogP contribution in [0.2, 0.25) is 5.02 Å². The Hall–Kier alpha value is 0.360. The molecule has 1 N–H and O–H groups in total. The van der Waals surface area contributed by atoms with E-state index in [2.05, 4.69) is 36.8 Å². The van der Waals surface area contributed by atoms with Crippen molar-refractivity contribution in [2.24, 2.45) is 0 Å². The summed E-state index contributed by atoms with van der Waals surface area (Å²) in [6.07, 6.45) is 1.49. The SMILES string of the molecule is OCc1c(Cl)cnc(Br)c1Br. The van der Waals surface area contributed by atoms with E-state index in [9.17, 15) is 0 Å². The lowest BCUT2D eigenvalue weighted by molar-refractivity contribution is 0.281. The summed E-state index contributed by atoms with van der Waals surface area (Å²) in [4.78, 5) is 3.91. The predicted molar refractivity (Wildman–Crippen MR) is 50.6 cm³/mol. The van der Waals surface area contributed by atoms with Gasteiger partial charge in [0.25, 0.3) is 0 Å². The van der Waals surface area contributed by atoms with Crippen LogP contribution in [0.25, 0.3) is 0 Å². The van der Waals surface area contributed by atoms with Crippen LogP contribution in [0.1, 0.15) is 5.56 Å². The van der Waals surface area contributed by atoms with Gasteiger partial charge in [-0.1, -0.05) is 11.6 Å². The lowest BCUT2D eigenvalue weighted by Gasteiger charge is -2.03. The van der Waals surface area contributed by atoms with E-state index in [4.69, 9.17) is 16.7 Å². The smallest absolute Gasteiger partial charge is 0.120 e. The third-order valence-electron chi connectivity index (χ3n) is 1.18. The minimum atomic E-state index is -0.0967. The van der Waals surface area contributed by atoms with Crippen LogP contribution >= 0.6 is 43.5 Å². The van der Waals surface area contributed by atoms with Crippen LogP contribution in [0.4, 0.5) is 0 Å². The van der Waals surface area contributed by atoms with Crippen molar-refractivity contribution in [1.82, 2.24) is 4.98 Å². The van der Waals surface area contributed by atoms with E-state index in [0.717, 1.165) is 0 Å². The first-order valence-corrected chi connectivity index (χ1v) is 4.72. The summed E-state index contributed by atoms with van der Waals surface area (Å²) in [7, 11) is 0. The lowest BCUT2D eigenvalue weighted by atomic mass is 10.3. The fraction of sp³-hybridized carbons (Fsp3) is 0.167. The molecule has 5 heteroatoms. The monoisotopic (exact) mass is 299 g/mol. The minimum Gasteiger partial charge on any atom is -0.392 e. The van der Waals surface area contributed by atoms with Crippen molar-refractivity contribution in [2.45, 2.75) is 6.61 Å². The van der Waals surface area contributed by atoms with E-state index in [0.29, 0.717) is 19.7 Å². The highest BCUT2D eigenvalue weighted by molar-refractivity contribution is 9.13. The van der Waals surface area contributed by atoms with Gasteiger partial charge in [0.1, 0.15) is 4.60 Å². The Morgan fingerprint density at radius 2 is 2.18 bits per heavy atom. The molecule has 0 fully saturated rings. The molecule has 0 radical (unpaired) electrons.